The van der Waals surface area contributed by atoms with Crippen LogP contribution in [0.1, 0.15) is 43.5 Å². The van der Waals surface area contributed by atoms with Gasteiger partial charge in [-0.2, -0.15) is 4.98 Å². The molecule has 208 valence electrons. The van der Waals surface area contributed by atoms with Crippen molar-refractivity contribution in [2.24, 2.45) is 5.92 Å². The first-order valence-electron chi connectivity index (χ1n) is 13.1. The summed E-state index contributed by atoms with van der Waals surface area (Å²) < 4.78 is 11.9. The molecule has 4 aromatic heterocycles. The van der Waals surface area contributed by atoms with E-state index in [4.69, 9.17) is 19.1 Å². The summed E-state index contributed by atoms with van der Waals surface area (Å²) >= 11 is 1.64. The van der Waals surface area contributed by atoms with Crippen LogP contribution in [-0.2, 0) is 6.54 Å². The van der Waals surface area contributed by atoms with Gasteiger partial charge in [-0.1, -0.05) is 6.07 Å². The monoisotopic (exact) mass is 553 g/mol. The fourth-order valence-corrected chi connectivity index (χ4v) is 5.85. The second-order valence-corrected chi connectivity index (χ2v) is 11.6. The van der Waals surface area contributed by atoms with Crippen LogP contribution in [0.15, 0.2) is 34.1 Å². The molecule has 4 unspecified atom stereocenters. The van der Waals surface area contributed by atoms with Crippen molar-refractivity contribution in [1.29, 1.82) is 0 Å². The van der Waals surface area contributed by atoms with E-state index in [1.807, 2.05) is 50.4 Å². The number of nitrogens with one attached hydrogen (secondary N) is 2. The maximum atomic E-state index is 10.9. The zero-order valence-electron chi connectivity index (χ0n) is 22.7. The topological polar surface area (TPSA) is 146 Å². The summed E-state index contributed by atoms with van der Waals surface area (Å²) in [6.07, 6.45) is -1.82. The molecule has 0 aromatic carbocycles. The van der Waals surface area contributed by atoms with E-state index >= 15 is 0 Å². The number of aliphatic hydroxyl groups excluding tert-OH is 2. The fraction of sp³-hybridized carbons (Fsp3) is 0.464. The third-order valence-electron chi connectivity index (χ3n) is 7.19. The molecule has 1 saturated carbocycles. The average Bonchev–Trinajstić information content (AvgIpc) is 3.59. The molecule has 5 N–H and O–H groups in total. The van der Waals surface area contributed by atoms with E-state index in [9.17, 15) is 15.3 Å². The minimum absolute atomic E-state index is 0.354. The van der Waals surface area contributed by atoms with Crippen LogP contribution in [-0.4, -0.2) is 60.7 Å². The number of aromatic nitrogens is 3. The van der Waals surface area contributed by atoms with Gasteiger partial charge in [0.1, 0.15) is 17.7 Å². The molecular weight excluding hydrogens is 518 g/mol. The third-order valence-corrected chi connectivity index (χ3v) is 8.06. The number of furan rings is 1. The molecule has 4 heterocycles. The molecule has 0 spiro atoms. The molecule has 0 saturated heterocycles. The van der Waals surface area contributed by atoms with E-state index in [1.165, 1.54) is 0 Å². The summed E-state index contributed by atoms with van der Waals surface area (Å²) in [5.41, 5.74) is 1.49. The third kappa shape index (κ3) is 5.58. The normalized spacial score (nSPS) is 21.4. The summed E-state index contributed by atoms with van der Waals surface area (Å²) in [7, 11) is 0. The highest BCUT2D eigenvalue weighted by atomic mass is 32.1. The highest BCUT2D eigenvalue weighted by Gasteiger charge is 2.48. The second kappa shape index (κ2) is 10.7. The summed E-state index contributed by atoms with van der Waals surface area (Å²) in [5.74, 6) is 1.44. The Morgan fingerprint density at radius 1 is 1.13 bits per heavy atom. The SMILES string of the molecule is CCOc1cc2cc(-c3c(C)nc(NCc4cccs4)nc3NC3CC(C(C)(C)O)C(O)C3O)oc2c(C)n1. The van der Waals surface area contributed by atoms with Gasteiger partial charge in [0.2, 0.25) is 11.8 Å². The maximum absolute atomic E-state index is 10.9. The van der Waals surface area contributed by atoms with Crippen LogP contribution in [0.3, 0.4) is 0 Å². The minimum atomic E-state index is -1.16. The minimum Gasteiger partial charge on any atom is -0.478 e. The van der Waals surface area contributed by atoms with Crippen LogP contribution < -0.4 is 15.4 Å². The van der Waals surface area contributed by atoms with Crippen LogP contribution >= 0.6 is 11.3 Å². The van der Waals surface area contributed by atoms with E-state index in [0.717, 1.165) is 10.3 Å². The first-order chi connectivity index (χ1) is 18.5. The number of nitrogens with zero attached hydrogens (tertiary/aromatic N) is 3. The predicted molar refractivity (Wildman–Crippen MR) is 151 cm³/mol. The molecular formula is C28H35N5O5S. The number of pyridine rings is 1. The number of fused-ring (bicyclic) bond motifs is 1. The van der Waals surface area contributed by atoms with E-state index in [1.54, 1.807) is 25.2 Å². The molecule has 39 heavy (non-hydrogen) atoms. The summed E-state index contributed by atoms with van der Waals surface area (Å²) in [6, 6.07) is 7.22. The van der Waals surface area contributed by atoms with Crippen molar-refractivity contribution in [3.8, 4) is 17.2 Å². The first kappa shape index (κ1) is 27.3. The van der Waals surface area contributed by atoms with Crippen LogP contribution in [0.4, 0.5) is 11.8 Å². The van der Waals surface area contributed by atoms with Crippen LogP contribution in [0, 0.1) is 19.8 Å². The van der Waals surface area contributed by atoms with E-state index < -0.39 is 29.8 Å². The van der Waals surface area contributed by atoms with E-state index in [0.29, 0.717) is 65.5 Å². The number of ether oxygens (including phenoxy) is 1. The highest BCUT2D eigenvalue weighted by molar-refractivity contribution is 7.09. The molecule has 5 rings (SSSR count). The van der Waals surface area contributed by atoms with E-state index in [-0.39, 0.29) is 0 Å². The molecule has 10 nitrogen and oxygen atoms in total. The van der Waals surface area contributed by atoms with Gasteiger partial charge in [0.15, 0.2) is 5.58 Å². The molecule has 0 radical (unpaired) electrons. The van der Waals surface area contributed by atoms with Gasteiger partial charge in [0.05, 0.1) is 47.8 Å². The van der Waals surface area contributed by atoms with Crippen molar-refractivity contribution < 1.29 is 24.5 Å². The maximum Gasteiger partial charge on any atom is 0.225 e. The number of hydrogen-bond acceptors (Lipinski definition) is 11. The highest BCUT2D eigenvalue weighted by Crippen LogP contribution is 2.40. The largest absolute Gasteiger partial charge is 0.478 e. The molecule has 4 atom stereocenters. The quantitative estimate of drug-likeness (QED) is 0.204. The van der Waals surface area contributed by atoms with Gasteiger partial charge in [-0.05, 0) is 58.6 Å². The molecule has 1 fully saturated rings. The van der Waals surface area contributed by atoms with Crippen molar-refractivity contribution in [2.75, 3.05) is 17.2 Å². The van der Waals surface area contributed by atoms with Crippen LogP contribution in [0.2, 0.25) is 0 Å². The Bertz CT molecular complexity index is 1450. The number of aliphatic hydroxyl groups is 3. The Morgan fingerprint density at radius 3 is 2.59 bits per heavy atom. The molecule has 11 heteroatoms. The summed E-state index contributed by atoms with van der Waals surface area (Å²) in [5, 5.41) is 41.6. The molecule has 0 amide bonds. The first-order valence-corrected chi connectivity index (χ1v) is 14.0. The molecule has 1 aliphatic carbocycles. The Labute approximate surface area is 231 Å². The van der Waals surface area contributed by atoms with Gasteiger partial charge >= 0.3 is 0 Å². The Kier molecular flexibility index (Phi) is 7.51. The van der Waals surface area contributed by atoms with Gasteiger partial charge in [-0.15, -0.1) is 11.3 Å². The lowest BCUT2D eigenvalue weighted by Gasteiger charge is -2.28. The number of hydrogen-bond donors (Lipinski definition) is 5. The predicted octanol–water partition coefficient (Wildman–Crippen LogP) is 4.27. The van der Waals surface area contributed by atoms with Gasteiger partial charge in [-0.25, -0.2) is 9.97 Å². The lowest BCUT2D eigenvalue weighted by molar-refractivity contribution is -0.0601. The van der Waals surface area contributed by atoms with E-state index in [2.05, 4.69) is 15.6 Å². The van der Waals surface area contributed by atoms with Crippen molar-refractivity contribution in [2.45, 2.75) is 71.4 Å². The summed E-state index contributed by atoms with van der Waals surface area (Å²) in [4.78, 5) is 15.1. The van der Waals surface area contributed by atoms with Gasteiger partial charge < -0.3 is 35.1 Å². The van der Waals surface area contributed by atoms with Crippen molar-refractivity contribution in [1.82, 2.24) is 15.0 Å². The lowest BCUT2D eigenvalue weighted by Crippen LogP contribution is -2.40. The molecule has 0 aliphatic heterocycles. The zero-order chi connectivity index (χ0) is 27.9. The van der Waals surface area contributed by atoms with Crippen molar-refractivity contribution in [3.05, 3.63) is 45.9 Å². The summed E-state index contributed by atoms with van der Waals surface area (Å²) in [6.45, 7) is 10.0. The fourth-order valence-electron chi connectivity index (χ4n) is 5.21. The van der Waals surface area contributed by atoms with Crippen LogP contribution in [0.5, 0.6) is 5.88 Å². The molecule has 0 bridgehead atoms. The van der Waals surface area contributed by atoms with Gasteiger partial charge in [0.25, 0.3) is 0 Å². The second-order valence-electron chi connectivity index (χ2n) is 10.5. The van der Waals surface area contributed by atoms with Gasteiger partial charge in [0, 0.05) is 22.2 Å². The van der Waals surface area contributed by atoms with Crippen molar-refractivity contribution in [3.63, 3.8) is 0 Å². The molecule has 4 aromatic rings. The lowest BCUT2D eigenvalue weighted by atomic mass is 9.88. The van der Waals surface area contributed by atoms with Gasteiger partial charge in [-0.3, -0.25) is 0 Å². The Hall–Kier alpha value is -3.25. The smallest absolute Gasteiger partial charge is 0.225 e. The molecule has 1 aliphatic rings. The van der Waals surface area contributed by atoms with Crippen LogP contribution in [0.25, 0.3) is 22.3 Å². The zero-order valence-corrected chi connectivity index (χ0v) is 23.5. The number of anilines is 2. The Morgan fingerprint density at radius 2 is 1.92 bits per heavy atom. The number of aryl methyl sites for hydroxylation is 2. The van der Waals surface area contributed by atoms with Crippen molar-refractivity contribution >= 4 is 34.1 Å². The standard InChI is InChI=1S/C28H35N5O5S/c1-6-37-21-11-16-10-20(38-25(16)15(3)30-21)22-14(2)31-27(29-13-17-8-7-9-39-17)33-26(22)32-19-12-18(28(4,5)36)23(34)24(19)35/h7-11,18-19,23-24,34-36H,6,12-13H2,1-5H3,(H2,29,31,32,33). The Balaban J connectivity index is 1.55. The number of thiophene rings is 1. The number of rotatable bonds is 9. The average molecular weight is 554 g/mol.